The second-order valence-electron chi connectivity index (χ2n) is 4.79. The van der Waals surface area contributed by atoms with E-state index in [0.717, 1.165) is 5.56 Å². The molecule has 5 heteroatoms. The van der Waals surface area contributed by atoms with Crippen LogP contribution in [0.3, 0.4) is 0 Å². The SMILES string of the molecule is Cc1cc(Cl)c(NC(=O)CC(C)(C)N)cc1Cl. The summed E-state index contributed by atoms with van der Waals surface area (Å²) >= 11 is 12.0. The molecule has 0 aliphatic rings. The second kappa shape index (κ2) is 5.25. The summed E-state index contributed by atoms with van der Waals surface area (Å²) in [5.41, 5.74) is 6.59. The third-order valence-corrected chi connectivity index (χ3v) is 2.86. The molecule has 1 aromatic carbocycles. The van der Waals surface area contributed by atoms with Crippen LogP contribution in [-0.2, 0) is 4.79 Å². The number of anilines is 1. The zero-order valence-corrected chi connectivity index (χ0v) is 11.6. The first kappa shape index (κ1) is 14.3. The van der Waals surface area contributed by atoms with Crippen molar-refractivity contribution < 1.29 is 4.79 Å². The molecule has 94 valence electrons. The van der Waals surface area contributed by atoms with Crippen molar-refractivity contribution in [2.45, 2.75) is 32.7 Å². The Morgan fingerprint density at radius 1 is 1.35 bits per heavy atom. The molecule has 3 nitrogen and oxygen atoms in total. The standard InChI is InChI=1S/C12H16Cl2N2O/c1-7-4-9(14)10(5-8(7)13)16-11(17)6-12(2,3)15/h4-5H,6,15H2,1-3H3,(H,16,17). The highest BCUT2D eigenvalue weighted by Crippen LogP contribution is 2.29. The molecular weight excluding hydrogens is 259 g/mol. The smallest absolute Gasteiger partial charge is 0.226 e. The van der Waals surface area contributed by atoms with E-state index in [-0.39, 0.29) is 12.3 Å². The highest BCUT2D eigenvalue weighted by atomic mass is 35.5. The van der Waals surface area contributed by atoms with Crippen LogP contribution < -0.4 is 11.1 Å². The Balaban J connectivity index is 2.82. The van der Waals surface area contributed by atoms with Gasteiger partial charge in [-0.2, -0.15) is 0 Å². The fourth-order valence-corrected chi connectivity index (χ4v) is 1.78. The molecule has 1 aromatic rings. The number of halogens is 2. The molecule has 3 N–H and O–H groups in total. The monoisotopic (exact) mass is 274 g/mol. The van der Waals surface area contributed by atoms with E-state index in [0.29, 0.717) is 15.7 Å². The molecule has 17 heavy (non-hydrogen) atoms. The van der Waals surface area contributed by atoms with Crippen LogP contribution in [-0.4, -0.2) is 11.4 Å². The number of carbonyl (C=O) groups is 1. The predicted octanol–water partition coefficient (Wildman–Crippen LogP) is 3.37. The molecule has 0 aliphatic heterocycles. The molecule has 0 fully saturated rings. The maximum Gasteiger partial charge on any atom is 0.226 e. The average Bonchev–Trinajstić information content (AvgIpc) is 2.11. The van der Waals surface area contributed by atoms with Crippen LogP contribution in [0.25, 0.3) is 0 Å². The Hall–Kier alpha value is -0.770. The van der Waals surface area contributed by atoms with Crippen molar-refractivity contribution in [3.05, 3.63) is 27.7 Å². The van der Waals surface area contributed by atoms with Gasteiger partial charge in [-0.15, -0.1) is 0 Å². The first-order chi connectivity index (χ1) is 7.69. The number of nitrogens with one attached hydrogen (secondary N) is 1. The maximum atomic E-state index is 11.7. The minimum atomic E-state index is -0.551. The predicted molar refractivity (Wildman–Crippen MR) is 72.7 cm³/mol. The van der Waals surface area contributed by atoms with Gasteiger partial charge in [-0.1, -0.05) is 23.2 Å². The van der Waals surface area contributed by atoms with Crippen LogP contribution >= 0.6 is 23.2 Å². The lowest BCUT2D eigenvalue weighted by Gasteiger charge is -2.18. The number of aryl methyl sites for hydroxylation is 1. The summed E-state index contributed by atoms with van der Waals surface area (Å²) in [4.78, 5) is 11.7. The number of benzene rings is 1. The number of amides is 1. The van der Waals surface area contributed by atoms with Gasteiger partial charge in [-0.05, 0) is 38.5 Å². The van der Waals surface area contributed by atoms with Gasteiger partial charge in [0.15, 0.2) is 0 Å². The van der Waals surface area contributed by atoms with Gasteiger partial charge in [0.05, 0.1) is 10.7 Å². The fourth-order valence-electron chi connectivity index (χ4n) is 1.35. The van der Waals surface area contributed by atoms with Gasteiger partial charge >= 0.3 is 0 Å². The third kappa shape index (κ3) is 4.54. The zero-order chi connectivity index (χ0) is 13.2. The summed E-state index contributed by atoms with van der Waals surface area (Å²) in [5.74, 6) is -0.181. The van der Waals surface area contributed by atoms with Crippen LogP contribution in [0.5, 0.6) is 0 Å². The molecule has 1 amide bonds. The Morgan fingerprint density at radius 2 is 1.94 bits per heavy atom. The maximum absolute atomic E-state index is 11.7. The Morgan fingerprint density at radius 3 is 2.47 bits per heavy atom. The van der Waals surface area contributed by atoms with Crippen molar-refractivity contribution in [2.24, 2.45) is 5.73 Å². The van der Waals surface area contributed by atoms with Crippen molar-refractivity contribution in [2.75, 3.05) is 5.32 Å². The topological polar surface area (TPSA) is 55.1 Å². The second-order valence-corrected chi connectivity index (χ2v) is 5.61. The van der Waals surface area contributed by atoms with Crippen molar-refractivity contribution >= 4 is 34.8 Å². The molecule has 0 heterocycles. The molecule has 0 aromatic heterocycles. The van der Waals surface area contributed by atoms with Crippen LogP contribution in [0.2, 0.25) is 10.0 Å². The summed E-state index contributed by atoms with van der Waals surface area (Å²) in [6, 6.07) is 3.35. The highest BCUT2D eigenvalue weighted by molar-refractivity contribution is 6.36. The molecule has 0 saturated heterocycles. The molecular formula is C12H16Cl2N2O. The molecule has 0 bridgehead atoms. The summed E-state index contributed by atoms with van der Waals surface area (Å²) in [5, 5.41) is 3.73. The van der Waals surface area contributed by atoms with Crippen LogP contribution in [0.15, 0.2) is 12.1 Å². The molecule has 0 unspecified atom stereocenters. The van der Waals surface area contributed by atoms with E-state index in [1.807, 2.05) is 6.92 Å². The first-order valence-electron chi connectivity index (χ1n) is 5.23. The lowest BCUT2D eigenvalue weighted by molar-refractivity contribution is -0.117. The van der Waals surface area contributed by atoms with E-state index in [1.165, 1.54) is 0 Å². The van der Waals surface area contributed by atoms with Gasteiger partial charge < -0.3 is 11.1 Å². The molecule has 0 aliphatic carbocycles. The van der Waals surface area contributed by atoms with Gasteiger partial charge in [-0.25, -0.2) is 0 Å². The number of nitrogens with two attached hydrogens (primary N) is 1. The average molecular weight is 275 g/mol. The lowest BCUT2D eigenvalue weighted by Crippen LogP contribution is -2.36. The van der Waals surface area contributed by atoms with E-state index in [2.05, 4.69) is 5.32 Å². The van der Waals surface area contributed by atoms with E-state index in [1.54, 1.807) is 26.0 Å². The van der Waals surface area contributed by atoms with Crippen LogP contribution in [0.4, 0.5) is 5.69 Å². The van der Waals surface area contributed by atoms with Gasteiger partial charge in [0.25, 0.3) is 0 Å². The Kier molecular flexibility index (Phi) is 4.42. The fraction of sp³-hybridized carbons (Fsp3) is 0.417. The van der Waals surface area contributed by atoms with Gasteiger partial charge in [0.2, 0.25) is 5.91 Å². The van der Waals surface area contributed by atoms with Crippen molar-refractivity contribution in [1.82, 2.24) is 0 Å². The van der Waals surface area contributed by atoms with Crippen molar-refractivity contribution in [3.8, 4) is 0 Å². The van der Waals surface area contributed by atoms with E-state index < -0.39 is 5.54 Å². The normalized spacial score (nSPS) is 11.4. The number of hydrogen-bond acceptors (Lipinski definition) is 2. The summed E-state index contributed by atoms with van der Waals surface area (Å²) in [7, 11) is 0. The summed E-state index contributed by atoms with van der Waals surface area (Å²) in [6.07, 6.45) is 0.217. The summed E-state index contributed by atoms with van der Waals surface area (Å²) in [6.45, 7) is 5.43. The van der Waals surface area contributed by atoms with E-state index >= 15 is 0 Å². The first-order valence-corrected chi connectivity index (χ1v) is 5.99. The third-order valence-electron chi connectivity index (χ3n) is 2.14. The zero-order valence-electron chi connectivity index (χ0n) is 10.1. The van der Waals surface area contributed by atoms with Crippen molar-refractivity contribution in [1.29, 1.82) is 0 Å². The Labute approximate surface area is 111 Å². The van der Waals surface area contributed by atoms with Crippen LogP contribution in [0.1, 0.15) is 25.8 Å². The largest absolute Gasteiger partial charge is 0.325 e. The summed E-state index contributed by atoms with van der Waals surface area (Å²) < 4.78 is 0. The molecule has 0 atom stereocenters. The molecule has 0 saturated carbocycles. The van der Waals surface area contributed by atoms with E-state index in [4.69, 9.17) is 28.9 Å². The van der Waals surface area contributed by atoms with Gasteiger partial charge in [0, 0.05) is 17.0 Å². The quantitative estimate of drug-likeness (QED) is 0.888. The minimum absolute atomic E-state index is 0.181. The minimum Gasteiger partial charge on any atom is -0.325 e. The van der Waals surface area contributed by atoms with Gasteiger partial charge in [-0.3, -0.25) is 4.79 Å². The molecule has 0 radical (unpaired) electrons. The van der Waals surface area contributed by atoms with E-state index in [9.17, 15) is 4.79 Å². The van der Waals surface area contributed by atoms with Crippen molar-refractivity contribution in [3.63, 3.8) is 0 Å². The highest BCUT2D eigenvalue weighted by Gasteiger charge is 2.17. The lowest BCUT2D eigenvalue weighted by atomic mass is 10.0. The number of rotatable bonds is 3. The number of hydrogen-bond donors (Lipinski definition) is 2. The van der Waals surface area contributed by atoms with Gasteiger partial charge in [0.1, 0.15) is 0 Å². The molecule has 1 rings (SSSR count). The molecule has 0 spiro atoms. The Bertz CT molecular complexity index is 439. The number of carbonyl (C=O) groups excluding carboxylic acids is 1. The van der Waals surface area contributed by atoms with Crippen LogP contribution in [0, 0.1) is 6.92 Å².